The van der Waals surface area contributed by atoms with Crippen LogP contribution in [0.5, 0.6) is 0 Å². The largest absolute Gasteiger partial charge is 0.472 e. The summed E-state index contributed by atoms with van der Waals surface area (Å²) < 4.78 is 22.8. The molecular formula is C28H56N2O6P+. The summed E-state index contributed by atoms with van der Waals surface area (Å²) in [4.78, 5) is 21.8. The number of rotatable bonds is 24. The smallest absolute Gasteiger partial charge is 0.387 e. The third-order valence-electron chi connectivity index (χ3n) is 5.99. The summed E-state index contributed by atoms with van der Waals surface area (Å²) in [5.74, 6) is -0.279. The van der Waals surface area contributed by atoms with Crippen molar-refractivity contribution in [2.24, 2.45) is 0 Å². The first-order valence-electron chi connectivity index (χ1n) is 14.2. The van der Waals surface area contributed by atoms with Gasteiger partial charge in [-0.25, -0.2) is 4.57 Å². The van der Waals surface area contributed by atoms with Crippen LogP contribution in [0.1, 0.15) is 97.3 Å². The van der Waals surface area contributed by atoms with Crippen LogP contribution in [0, 0.1) is 0 Å². The number of aliphatic hydroxyl groups is 1. The highest BCUT2D eigenvalue weighted by Gasteiger charge is 2.27. The first kappa shape index (κ1) is 36.0. The minimum absolute atomic E-state index is 0.0539. The van der Waals surface area contributed by atoms with Crippen molar-refractivity contribution in [1.29, 1.82) is 0 Å². The number of likely N-dealkylation sites (N-methyl/N-ethyl adjacent to an activating group) is 1. The summed E-state index contributed by atoms with van der Waals surface area (Å²) in [5.41, 5.74) is 0. The van der Waals surface area contributed by atoms with Gasteiger partial charge in [-0.05, 0) is 25.7 Å². The molecule has 0 heterocycles. The van der Waals surface area contributed by atoms with Crippen LogP contribution in [0.4, 0.5) is 0 Å². The second kappa shape index (κ2) is 21.9. The number of aliphatic hydroxyl groups excluding tert-OH is 1. The zero-order valence-electron chi connectivity index (χ0n) is 24.2. The van der Waals surface area contributed by atoms with E-state index in [1.54, 1.807) is 13.0 Å². The van der Waals surface area contributed by atoms with Crippen LogP contribution in [-0.2, 0) is 18.4 Å². The predicted molar refractivity (Wildman–Crippen MR) is 152 cm³/mol. The molecule has 0 saturated heterocycles. The maximum atomic E-state index is 12.2. The van der Waals surface area contributed by atoms with Gasteiger partial charge in [0.15, 0.2) is 0 Å². The van der Waals surface area contributed by atoms with E-state index in [1.165, 1.54) is 57.8 Å². The Morgan fingerprint density at radius 2 is 1.46 bits per heavy atom. The standard InChI is InChI=1S/C28H55N2O6P/c1-6-8-9-10-11-12-13-14-15-16-17-18-19-20-21-22-27(31)26(29-28(32)7-2)25-36-37(33,34)35-24-23-30(3,4)5/h17-18,21-22,26-27,31H,6-16,19-20,23-25H2,1-5H3,(H-,29,32,33,34)/p+1/b18-17+,22-21+. The highest BCUT2D eigenvalue weighted by Crippen LogP contribution is 2.43. The minimum atomic E-state index is -4.29. The molecule has 0 aromatic rings. The van der Waals surface area contributed by atoms with Crippen LogP contribution in [-0.4, -0.2) is 73.4 Å². The summed E-state index contributed by atoms with van der Waals surface area (Å²) in [5, 5.41) is 13.2. The van der Waals surface area contributed by atoms with E-state index in [4.69, 9.17) is 9.05 Å². The number of hydrogen-bond acceptors (Lipinski definition) is 5. The maximum Gasteiger partial charge on any atom is 0.472 e. The Kier molecular flexibility index (Phi) is 21.3. The highest BCUT2D eigenvalue weighted by molar-refractivity contribution is 7.47. The molecule has 0 aliphatic rings. The number of phosphoric acid groups is 1. The van der Waals surface area contributed by atoms with Crippen molar-refractivity contribution in [3.8, 4) is 0 Å². The van der Waals surface area contributed by atoms with Gasteiger partial charge in [0.1, 0.15) is 13.2 Å². The Morgan fingerprint density at radius 3 is 2.05 bits per heavy atom. The van der Waals surface area contributed by atoms with Crippen LogP contribution in [0.3, 0.4) is 0 Å². The van der Waals surface area contributed by atoms with Gasteiger partial charge in [-0.15, -0.1) is 0 Å². The Hall–Kier alpha value is -1.02. The van der Waals surface area contributed by atoms with Gasteiger partial charge in [0, 0.05) is 6.42 Å². The van der Waals surface area contributed by atoms with Crippen LogP contribution in [0.2, 0.25) is 0 Å². The van der Waals surface area contributed by atoms with Gasteiger partial charge in [-0.2, -0.15) is 0 Å². The second-order valence-electron chi connectivity index (χ2n) is 10.7. The molecule has 0 aromatic heterocycles. The zero-order chi connectivity index (χ0) is 28.0. The third-order valence-corrected chi connectivity index (χ3v) is 6.97. The van der Waals surface area contributed by atoms with Crippen molar-refractivity contribution in [2.75, 3.05) is 40.9 Å². The van der Waals surface area contributed by atoms with Gasteiger partial charge in [-0.3, -0.25) is 13.8 Å². The SMILES string of the molecule is CCCCCCCCCCC/C=C/CC/C=C/C(O)C(COP(=O)(O)OCC[N+](C)(C)C)NC(=O)CC. The fourth-order valence-corrected chi connectivity index (χ4v) is 4.28. The molecule has 0 saturated carbocycles. The minimum Gasteiger partial charge on any atom is -0.387 e. The van der Waals surface area contributed by atoms with Crippen molar-refractivity contribution in [3.63, 3.8) is 0 Å². The number of amides is 1. The lowest BCUT2D eigenvalue weighted by Gasteiger charge is -2.25. The third kappa shape index (κ3) is 23.8. The number of hydrogen-bond donors (Lipinski definition) is 3. The van der Waals surface area contributed by atoms with Gasteiger partial charge in [-0.1, -0.05) is 89.5 Å². The summed E-state index contributed by atoms with van der Waals surface area (Å²) in [7, 11) is 1.54. The summed E-state index contributed by atoms with van der Waals surface area (Å²) in [6, 6.07) is -0.853. The number of carbonyl (C=O) groups excluding carboxylic acids is 1. The quantitative estimate of drug-likeness (QED) is 0.0602. The lowest BCUT2D eigenvalue weighted by atomic mass is 10.1. The molecule has 9 heteroatoms. The molecule has 8 nitrogen and oxygen atoms in total. The molecule has 0 spiro atoms. The average molecular weight is 548 g/mol. The predicted octanol–water partition coefficient (Wildman–Crippen LogP) is 5.90. The van der Waals surface area contributed by atoms with E-state index in [2.05, 4.69) is 24.4 Å². The fourth-order valence-electron chi connectivity index (χ4n) is 3.55. The molecule has 37 heavy (non-hydrogen) atoms. The number of quaternary nitrogens is 1. The number of unbranched alkanes of at least 4 members (excludes halogenated alkanes) is 10. The van der Waals surface area contributed by atoms with E-state index in [1.807, 2.05) is 27.2 Å². The Bertz CT molecular complexity index is 678. The lowest BCUT2D eigenvalue weighted by molar-refractivity contribution is -0.870. The molecule has 0 bridgehead atoms. The van der Waals surface area contributed by atoms with E-state index in [9.17, 15) is 19.4 Å². The monoisotopic (exact) mass is 547 g/mol. The topological polar surface area (TPSA) is 105 Å². The van der Waals surface area contributed by atoms with Crippen molar-refractivity contribution >= 4 is 13.7 Å². The first-order valence-corrected chi connectivity index (χ1v) is 15.7. The van der Waals surface area contributed by atoms with Gasteiger partial charge in [0.05, 0.1) is 39.9 Å². The molecule has 3 unspecified atom stereocenters. The fraction of sp³-hybridized carbons (Fsp3) is 0.821. The van der Waals surface area contributed by atoms with Crippen molar-refractivity contribution in [2.45, 2.75) is 109 Å². The van der Waals surface area contributed by atoms with E-state index in [0.29, 0.717) is 11.0 Å². The van der Waals surface area contributed by atoms with E-state index >= 15 is 0 Å². The van der Waals surface area contributed by atoms with E-state index in [0.717, 1.165) is 19.3 Å². The number of nitrogens with zero attached hydrogens (tertiary/aromatic N) is 1. The van der Waals surface area contributed by atoms with Crippen molar-refractivity contribution in [1.82, 2.24) is 5.32 Å². The zero-order valence-corrected chi connectivity index (χ0v) is 25.1. The number of nitrogens with one attached hydrogen (secondary N) is 1. The van der Waals surface area contributed by atoms with Gasteiger partial charge < -0.3 is 19.8 Å². The number of carbonyl (C=O) groups is 1. The maximum absolute atomic E-state index is 12.2. The molecule has 0 rings (SSSR count). The molecule has 0 aromatic carbocycles. The molecule has 0 aliphatic heterocycles. The Labute approximate surface area is 226 Å². The Balaban J connectivity index is 4.28. The molecular weight excluding hydrogens is 491 g/mol. The normalized spacial score (nSPS) is 15.8. The number of phosphoric ester groups is 1. The van der Waals surface area contributed by atoms with Gasteiger partial charge in [0.25, 0.3) is 0 Å². The van der Waals surface area contributed by atoms with E-state index in [-0.39, 0.29) is 25.5 Å². The van der Waals surface area contributed by atoms with Crippen molar-refractivity contribution < 1.29 is 32.9 Å². The van der Waals surface area contributed by atoms with E-state index < -0.39 is 20.0 Å². The van der Waals surface area contributed by atoms with Gasteiger partial charge in [0.2, 0.25) is 5.91 Å². The molecule has 0 fully saturated rings. The highest BCUT2D eigenvalue weighted by atomic mass is 31.2. The average Bonchev–Trinajstić information content (AvgIpc) is 2.82. The van der Waals surface area contributed by atoms with Gasteiger partial charge >= 0.3 is 7.82 Å². The number of allylic oxidation sites excluding steroid dienone is 3. The Morgan fingerprint density at radius 1 is 0.892 bits per heavy atom. The molecule has 3 N–H and O–H groups in total. The summed E-state index contributed by atoms with van der Waals surface area (Å²) in [6.45, 7) is 4.19. The van der Waals surface area contributed by atoms with Crippen LogP contribution in [0.15, 0.2) is 24.3 Å². The first-order chi connectivity index (χ1) is 17.5. The summed E-state index contributed by atoms with van der Waals surface area (Å²) >= 11 is 0. The lowest BCUT2D eigenvalue weighted by Crippen LogP contribution is -2.45. The summed E-state index contributed by atoms with van der Waals surface area (Å²) in [6.07, 6.45) is 21.7. The molecule has 0 radical (unpaired) electrons. The second-order valence-corrected chi connectivity index (χ2v) is 12.2. The van der Waals surface area contributed by atoms with Crippen LogP contribution < -0.4 is 5.32 Å². The molecule has 0 aliphatic carbocycles. The molecule has 1 amide bonds. The van der Waals surface area contributed by atoms with Crippen LogP contribution in [0.25, 0.3) is 0 Å². The molecule has 218 valence electrons. The molecule has 3 atom stereocenters. The van der Waals surface area contributed by atoms with Crippen LogP contribution >= 0.6 is 7.82 Å². The van der Waals surface area contributed by atoms with Crippen molar-refractivity contribution in [3.05, 3.63) is 24.3 Å².